The zero-order valence-corrected chi connectivity index (χ0v) is 10.7. The van der Waals surface area contributed by atoms with E-state index in [1.807, 2.05) is 6.92 Å². The van der Waals surface area contributed by atoms with Crippen molar-refractivity contribution in [1.82, 2.24) is 9.78 Å². The summed E-state index contributed by atoms with van der Waals surface area (Å²) in [7, 11) is 1.72. The number of aryl methyl sites for hydroxylation is 3. The van der Waals surface area contributed by atoms with Crippen LogP contribution in [0.25, 0.3) is 0 Å². The third kappa shape index (κ3) is 2.32. The number of benzene rings is 1. The highest BCUT2D eigenvalue weighted by Gasteiger charge is 2.15. The van der Waals surface area contributed by atoms with Crippen molar-refractivity contribution in [3.63, 3.8) is 0 Å². The molecule has 4 heteroatoms. The number of ketones is 1. The largest absolute Gasteiger partial charge is 0.287 e. The topological polar surface area (TPSA) is 34.9 Å². The first-order chi connectivity index (χ1) is 8.51. The van der Waals surface area contributed by atoms with Gasteiger partial charge in [0, 0.05) is 12.6 Å². The van der Waals surface area contributed by atoms with Gasteiger partial charge in [-0.15, -0.1) is 0 Å². The minimum Gasteiger partial charge on any atom is -0.287 e. The second-order valence-corrected chi connectivity index (χ2v) is 4.34. The Labute approximate surface area is 105 Å². The van der Waals surface area contributed by atoms with E-state index in [1.165, 1.54) is 12.1 Å². The maximum Gasteiger partial charge on any atom is 0.211 e. The predicted molar refractivity (Wildman–Crippen MR) is 67.2 cm³/mol. The molecule has 1 aromatic heterocycles. The number of halogens is 1. The van der Waals surface area contributed by atoms with Crippen LogP contribution >= 0.6 is 0 Å². The maximum atomic E-state index is 13.3. The quantitative estimate of drug-likeness (QED) is 0.780. The third-order valence-electron chi connectivity index (χ3n) is 2.83. The van der Waals surface area contributed by atoms with Crippen molar-refractivity contribution in [2.75, 3.05) is 0 Å². The average molecular weight is 246 g/mol. The van der Waals surface area contributed by atoms with Gasteiger partial charge < -0.3 is 0 Å². The molecule has 2 rings (SSSR count). The zero-order chi connectivity index (χ0) is 13.3. The van der Waals surface area contributed by atoms with Crippen molar-refractivity contribution >= 4 is 5.78 Å². The van der Waals surface area contributed by atoms with Crippen LogP contribution in [0.5, 0.6) is 0 Å². The lowest BCUT2D eigenvalue weighted by Crippen LogP contribution is -2.08. The highest BCUT2D eigenvalue weighted by molar-refractivity contribution is 6.08. The Morgan fingerprint density at radius 2 is 2.06 bits per heavy atom. The smallest absolute Gasteiger partial charge is 0.211 e. The molecule has 18 heavy (non-hydrogen) atoms. The van der Waals surface area contributed by atoms with Gasteiger partial charge in [-0.2, -0.15) is 5.10 Å². The summed E-state index contributed by atoms with van der Waals surface area (Å²) in [6, 6.07) is 6.10. The molecule has 0 bridgehead atoms. The Hall–Kier alpha value is -1.97. The third-order valence-corrected chi connectivity index (χ3v) is 2.83. The summed E-state index contributed by atoms with van der Waals surface area (Å²) in [5.74, 6) is -0.594. The normalized spacial score (nSPS) is 10.7. The lowest BCUT2D eigenvalue weighted by Gasteiger charge is -2.03. The minimum absolute atomic E-state index is 0.202. The molecule has 0 spiro atoms. The van der Waals surface area contributed by atoms with E-state index in [4.69, 9.17) is 0 Å². The standard InChI is InChI=1S/C14H15FN2O/c1-4-12-8-13(17(3)16-12)14(18)10-5-9(2)6-11(15)7-10/h5-8H,4H2,1-3H3. The fourth-order valence-electron chi connectivity index (χ4n) is 1.93. The number of hydrogen-bond donors (Lipinski definition) is 0. The second-order valence-electron chi connectivity index (χ2n) is 4.34. The first kappa shape index (κ1) is 12.5. The first-order valence-corrected chi connectivity index (χ1v) is 5.86. The van der Waals surface area contributed by atoms with Crippen LogP contribution in [0.3, 0.4) is 0 Å². The molecule has 0 radical (unpaired) electrons. The number of hydrogen-bond acceptors (Lipinski definition) is 2. The molecule has 0 aliphatic heterocycles. The highest BCUT2D eigenvalue weighted by Crippen LogP contribution is 2.14. The van der Waals surface area contributed by atoms with Crippen LogP contribution in [0.4, 0.5) is 4.39 Å². The molecule has 0 aliphatic carbocycles. The predicted octanol–water partition coefficient (Wildman–Crippen LogP) is 2.66. The van der Waals surface area contributed by atoms with Crippen molar-refractivity contribution in [2.45, 2.75) is 20.3 Å². The van der Waals surface area contributed by atoms with E-state index < -0.39 is 5.82 Å². The van der Waals surface area contributed by atoms with E-state index in [0.29, 0.717) is 11.3 Å². The van der Waals surface area contributed by atoms with E-state index in [2.05, 4.69) is 5.10 Å². The van der Waals surface area contributed by atoms with Crippen LogP contribution in [0.15, 0.2) is 24.3 Å². The van der Waals surface area contributed by atoms with E-state index in [-0.39, 0.29) is 5.78 Å². The molecule has 0 aliphatic rings. The van der Waals surface area contributed by atoms with Crippen LogP contribution in [-0.4, -0.2) is 15.6 Å². The summed E-state index contributed by atoms with van der Waals surface area (Å²) >= 11 is 0. The molecular weight excluding hydrogens is 231 g/mol. The molecule has 94 valence electrons. The number of carbonyl (C=O) groups is 1. The fraction of sp³-hybridized carbons (Fsp3) is 0.286. The SMILES string of the molecule is CCc1cc(C(=O)c2cc(C)cc(F)c2)n(C)n1. The maximum absolute atomic E-state index is 13.3. The minimum atomic E-state index is -0.392. The van der Waals surface area contributed by atoms with Crippen LogP contribution in [0.2, 0.25) is 0 Å². The highest BCUT2D eigenvalue weighted by atomic mass is 19.1. The number of carbonyl (C=O) groups excluding carboxylic acids is 1. The van der Waals surface area contributed by atoms with Crippen LogP contribution in [-0.2, 0) is 13.5 Å². The molecular formula is C14H15FN2O. The van der Waals surface area contributed by atoms with E-state index >= 15 is 0 Å². The molecule has 3 nitrogen and oxygen atoms in total. The van der Waals surface area contributed by atoms with Gasteiger partial charge in [0.05, 0.1) is 5.69 Å². The number of aromatic nitrogens is 2. The van der Waals surface area contributed by atoms with Crippen molar-refractivity contribution in [3.8, 4) is 0 Å². The van der Waals surface area contributed by atoms with E-state index in [9.17, 15) is 9.18 Å². The van der Waals surface area contributed by atoms with Gasteiger partial charge in [-0.1, -0.05) is 6.92 Å². The van der Waals surface area contributed by atoms with Gasteiger partial charge in [0.2, 0.25) is 5.78 Å². The molecule has 0 saturated heterocycles. The number of rotatable bonds is 3. The Balaban J connectivity index is 2.44. The monoisotopic (exact) mass is 246 g/mol. The van der Waals surface area contributed by atoms with Gasteiger partial charge in [0.15, 0.2) is 0 Å². The molecule has 0 N–H and O–H groups in total. The summed E-state index contributed by atoms with van der Waals surface area (Å²) in [5, 5.41) is 4.22. The Morgan fingerprint density at radius 3 is 2.61 bits per heavy atom. The van der Waals surface area contributed by atoms with Crippen LogP contribution in [0.1, 0.15) is 34.2 Å². The lowest BCUT2D eigenvalue weighted by atomic mass is 10.0. The van der Waals surface area contributed by atoms with Gasteiger partial charge in [-0.3, -0.25) is 9.48 Å². The molecule has 1 aromatic carbocycles. The summed E-state index contributed by atoms with van der Waals surface area (Å²) in [6.45, 7) is 3.74. The van der Waals surface area contributed by atoms with Gasteiger partial charge >= 0.3 is 0 Å². The molecule has 0 saturated carbocycles. The zero-order valence-electron chi connectivity index (χ0n) is 10.7. The van der Waals surface area contributed by atoms with Crippen molar-refractivity contribution < 1.29 is 9.18 Å². The van der Waals surface area contributed by atoms with Gasteiger partial charge in [0.25, 0.3) is 0 Å². The molecule has 2 aromatic rings. The average Bonchev–Trinajstić information content (AvgIpc) is 2.68. The number of nitrogens with zero attached hydrogens (tertiary/aromatic N) is 2. The molecule has 0 amide bonds. The summed E-state index contributed by atoms with van der Waals surface area (Å²) in [4.78, 5) is 12.3. The van der Waals surface area contributed by atoms with E-state index in [1.54, 1.807) is 30.8 Å². The molecule has 1 heterocycles. The molecule has 0 fully saturated rings. The van der Waals surface area contributed by atoms with Crippen LogP contribution < -0.4 is 0 Å². The second kappa shape index (κ2) is 4.72. The van der Waals surface area contributed by atoms with E-state index in [0.717, 1.165) is 17.7 Å². The first-order valence-electron chi connectivity index (χ1n) is 5.86. The summed E-state index contributed by atoms with van der Waals surface area (Å²) < 4.78 is 14.8. The fourth-order valence-corrected chi connectivity index (χ4v) is 1.93. The van der Waals surface area contributed by atoms with Crippen molar-refractivity contribution in [1.29, 1.82) is 0 Å². The van der Waals surface area contributed by atoms with Crippen LogP contribution in [0, 0.1) is 12.7 Å². The lowest BCUT2D eigenvalue weighted by molar-refractivity contribution is 0.102. The molecule has 0 atom stereocenters. The Bertz CT molecular complexity index is 582. The molecule has 0 unspecified atom stereocenters. The van der Waals surface area contributed by atoms with Gasteiger partial charge in [-0.05, 0) is 43.2 Å². The Morgan fingerprint density at radius 1 is 1.33 bits per heavy atom. The van der Waals surface area contributed by atoms with Crippen molar-refractivity contribution in [3.05, 3.63) is 52.6 Å². The van der Waals surface area contributed by atoms with Crippen molar-refractivity contribution in [2.24, 2.45) is 7.05 Å². The van der Waals surface area contributed by atoms with Gasteiger partial charge in [-0.25, -0.2) is 4.39 Å². The summed E-state index contributed by atoms with van der Waals surface area (Å²) in [6.07, 6.45) is 0.767. The van der Waals surface area contributed by atoms with Gasteiger partial charge in [0.1, 0.15) is 11.5 Å². The summed E-state index contributed by atoms with van der Waals surface area (Å²) in [5.41, 5.74) is 2.43. The Kier molecular flexibility index (Phi) is 3.28.